The Hall–Kier alpha value is -3.04. The molecule has 2 aromatic heterocycles. The van der Waals surface area contributed by atoms with Gasteiger partial charge in [-0.3, -0.25) is 14.3 Å². The molecule has 9 N–H and O–H groups in total. The van der Waals surface area contributed by atoms with Crippen LogP contribution in [0.5, 0.6) is 0 Å². The second-order valence-electron chi connectivity index (χ2n) is 11.3. The number of benzene rings is 1. The Kier molecular flexibility index (Phi) is 14.4. The van der Waals surface area contributed by atoms with Crippen LogP contribution in [0.15, 0.2) is 33.4 Å². The number of nitrogen functional groups attached to an aromatic ring is 1. The van der Waals surface area contributed by atoms with Gasteiger partial charge in [0.15, 0.2) is 23.8 Å². The quantitative estimate of drug-likeness (QED) is 0.0278. The van der Waals surface area contributed by atoms with Crippen LogP contribution < -0.4 is 51.1 Å². The number of H-pyrrole nitrogens is 1. The number of aliphatic hydroxyl groups is 4. The number of fused-ring (bicyclic) bond motifs is 2. The van der Waals surface area contributed by atoms with Gasteiger partial charge in [-0.2, -0.15) is 9.55 Å². The molecular weight excluding hydrogens is 706 g/mol. The number of phosphoric acid groups is 1. The Bertz CT molecular complexity index is 2100. The fourth-order valence-electron chi connectivity index (χ4n) is 4.82. The number of aromatic nitrogens is 7. The minimum atomic E-state index is -4.41. The van der Waals surface area contributed by atoms with Crippen molar-refractivity contribution in [3.05, 3.63) is 77.8 Å². The number of nitrogens with zero attached hydrogens (tertiary/aromatic N) is 6. The minimum absolute atomic E-state index is 0. The Morgan fingerprint density at radius 3 is 2.40 bits per heavy atom. The normalized spacial score (nSPS) is 13.4. The van der Waals surface area contributed by atoms with E-state index in [2.05, 4.69) is 29.4 Å². The van der Waals surface area contributed by atoms with Gasteiger partial charge in [-0.25, -0.2) is 24.3 Å². The van der Waals surface area contributed by atoms with Gasteiger partial charge in [-0.1, -0.05) is 11.3 Å². The second-order valence-corrected chi connectivity index (χ2v) is 13.4. The maximum atomic E-state index is 12.2. The van der Waals surface area contributed by atoms with Gasteiger partial charge in [0, 0.05) is 19.5 Å². The zero-order chi connectivity index (χ0) is 36.2. The average molecular weight is 746 g/mol. The molecule has 0 radical (unpaired) electrons. The topological polar surface area (TPSA) is 284 Å². The summed E-state index contributed by atoms with van der Waals surface area (Å²) in [6.45, 7) is 6.97. The van der Waals surface area contributed by atoms with Crippen LogP contribution in [0.3, 0.4) is 0 Å². The summed E-state index contributed by atoms with van der Waals surface area (Å²) in [7, 11) is -4.41. The minimum Gasteiger partial charge on any atom is -1.00 e. The molecular formula is C29H39N8NaO10PS+. The van der Waals surface area contributed by atoms with Crippen LogP contribution in [0.2, 0.25) is 0 Å². The van der Waals surface area contributed by atoms with E-state index in [4.69, 9.17) is 20.6 Å². The van der Waals surface area contributed by atoms with Gasteiger partial charge in [-0.05, 0) is 44.0 Å². The van der Waals surface area contributed by atoms with Gasteiger partial charge in [0.05, 0.1) is 41.2 Å². The summed E-state index contributed by atoms with van der Waals surface area (Å²) in [5.41, 5.74) is 10.8. The molecule has 18 nitrogen and oxygen atoms in total. The van der Waals surface area contributed by atoms with Crippen LogP contribution in [-0.4, -0.2) is 91.2 Å². The Balaban J connectivity index is 0.000000347. The molecule has 0 aliphatic carbocycles. The predicted octanol–water partition coefficient (Wildman–Crippen LogP) is -3.88. The molecule has 0 bridgehead atoms. The SMILES string of the molecule is Cc1cc2nc3c(=O)[nH]c(=O)nc-3n(C[C@H](O)[C@H](O)[C@H](O)CO)c2cc1C.Cc1ncc(C[n+]2csc(CCOP(=O)(O)O)c2C)c(N)n1.[H-].[Na+]. The Morgan fingerprint density at radius 1 is 1.08 bits per heavy atom. The van der Waals surface area contributed by atoms with Crippen molar-refractivity contribution in [3.8, 4) is 11.5 Å². The van der Waals surface area contributed by atoms with E-state index in [1.165, 1.54) is 15.9 Å². The zero-order valence-corrected chi connectivity index (χ0v) is 31.7. The Labute approximate surface area is 312 Å². The number of aryl methyl sites for hydroxylation is 3. The standard InChI is InChI=1S/C17H20N4O6.C12H17N4O4PS.Na.H/c1-7-3-9-10(4-8(7)2)21(5-11(23)14(25)12(24)6-22)15-13(18-9)16(26)20-17(27)19-15;1-8-11(3-4-20-21(17,18)19)22-7-16(8)6-10-5-14-9(2)15-12(10)13;;/h3-4,11-12,14,22-25H,5-6H2,1-2H3,(H,20,26,27);5,7H,3-4,6H2,1-2H3,(H3-,13,14,15,17,18,19);;/q;;+1;-1/p+1/t11-,12+,14-;;;/m0.../s1. The van der Waals surface area contributed by atoms with Crippen molar-refractivity contribution >= 4 is 36.0 Å². The van der Waals surface area contributed by atoms with Crippen LogP contribution in [0.4, 0.5) is 5.82 Å². The van der Waals surface area contributed by atoms with Crippen LogP contribution in [0.1, 0.15) is 34.5 Å². The maximum absolute atomic E-state index is 12.2. The summed E-state index contributed by atoms with van der Waals surface area (Å²) in [5.74, 6) is 1.03. The first-order valence-corrected chi connectivity index (χ1v) is 17.2. The van der Waals surface area contributed by atoms with Gasteiger partial charge < -0.3 is 41.9 Å². The first-order valence-electron chi connectivity index (χ1n) is 14.8. The van der Waals surface area contributed by atoms with E-state index in [1.807, 2.05) is 30.8 Å². The third kappa shape index (κ3) is 10.3. The van der Waals surface area contributed by atoms with Crippen molar-refractivity contribution in [1.29, 1.82) is 0 Å². The predicted molar refractivity (Wildman–Crippen MR) is 178 cm³/mol. The molecule has 0 fully saturated rings. The molecule has 5 rings (SSSR count). The average Bonchev–Trinajstić information content (AvgIpc) is 3.36. The summed E-state index contributed by atoms with van der Waals surface area (Å²) >= 11 is 1.50. The number of anilines is 1. The van der Waals surface area contributed by atoms with Crippen LogP contribution in [-0.2, 0) is 28.6 Å². The number of phosphoric ester groups is 1. The first-order chi connectivity index (χ1) is 23.0. The van der Waals surface area contributed by atoms with Crippen LogP contribution in [0.25, 0.3) is 22.6 Å². The van der Waals surface area contributed by atoms with Gasteiger partial charge >= 0.3 is 43.1 Å². The van der Waals surface area contributed by atoms with E-state index in [-0.39, 0.29) is 55.7 Å². The summed E-state index contributed by atoms with van der Waals surface area (Å²) in [4.78, 5) is 60.6. The third-order valence-electron chi connectivity index (χ3n) is 7.67. The van der Waals surface area contributed by atoms with Gasteiger partial charge in [0.2, 0.25) is 5.51 Å². The number of rotatable bonds is 11. The van der Waals surface area contributed by atoms with Crippen molar-refractivity contribution in [1.82, 2.24) is 29.5 Å². The van der Waals surface area contributed by atoms with E-state index in [0.717, 1.165) is 27.3 Å². The largest absolute Gasteiger partial charge is 1.00 e. The fraction of sp³-hybridized carbons (Fsp3) is 0.414. The van der Waals surface area contributed by atoms with Gasteiger partial charge in [0.25, 0.3) is 5.56 Å². The van der Waals surface area contributed by atoms with E-state index in [0.29, 0.717) is 35.6 Å². The summed E-state index contributed by atoms with van der Waals surface area (Å²) in [6, 6.07) is 3.53. The van der Waals surface area contributed by atoms with E-state index >= 15 is 0 Å². The second kappa shape index (κ2) is 17.5. The summed E-state index contributed by atoms with van der Waals surface area (Å²) in [6.07, 6.45) is -2.53. The number of aliphatic hydroxyl groups excluding tert-OH is 4. The van der Waals surface area contributed by atoms with Gasteiger partial charge in [0.1, 0.15) is 30.0 Å². The molecule has 0 spiro atoms. The summed E-state index contributed by atoms with van der Waals surface area (Å²) in [5, 5.41) is 38.8. The number of hydrogen-bond donors (Lipinski definition) is 8. The molecule has 2 aliphatic rings. The number of nitrogens with one attached hydrogen (secondary N) is 1. The molecule has 0 saturated heterocycles. The molecule has 3 atom stereocenters. The maximum Gasteiger partial charge on any atom is 1.00 e. The molecule has 4 heterocycles. The van der Waals surface area contributed by atoms with Crippen molar-refractivity contribution in [3.63, 3.8) is 0 Å². The number of thiazole rings is 1. The van der Waals surface area contributed by atoms with Gasteiger partial charge in [-0.15, -0.1) is 0 Å². The van der Waals surface area contributed by atoms with Crippen LogP contribution in [0, 0.1) is 27.7 Å². The third-order valence-corrected chi connectivity index (χ3v) is 9.34. The van der Waals surface area contributed by atoms with Crippen molar-refractivity contribution in [2.45, 2.75) is 65.5 Å². The molecule has 0 unspecified atom stereocenters. The van der Waals surface area contributed by atoms with E-state index in [1.54, 1.807) is 25.3 Å². The molecule has 50 heavy (non-hydrogen) atoms. The van der Waals surface area contributed by atoms with Crippen molar-refractivity contribution < 1.29 is 74.9 Å². The van der Waals surface area contributed by atoms with Crippen molar-refractivity contribution in [2.24, 2.45) is 0 Å². The molecule has 1 aromatic carbocycles. The molecule has 3 aromatic rings. The smallest absolute Gasteiger partial charge is 1.00 e. The van der Waals surface area contributed by atoms with Crippen molar-refractivity contribution in [2.75, 3.05) is 18.9 Å². The molecule has 2 aliphatic heterocycles. The molecule has 0 amide bonds. The van der Waals surface area contributed by atoms with E-state index in [9.17, 15) is 29.5 Å². The fourth-order valence-corrected chi connectivity index (χ4v) is 6.12. The van der Waals surface area contributed by atoms with E-state index < -0.39 is 44.0 Å². The monoisotopic (exact) mass is 745 g/mol. The number of aromatic amines is 1. The number of hydrogen-bond acceptors (Lipinski definition) is 14. The molecule has 266 valence electrons. The van der Waals surface area contributed by atoms with Crippen LogP contribution >= 0.6 is 19.2 Å². The first kappa shape index (κ1) is 41.4. The molecule has 0 saturated carbocycles. The Morgan fingerprint density at radius 2 is 1.76 bits per heavy atom. The number of nitrogens with two attached hydrogens (primary N) is 1. The zero-order valence-electron chi connectivity index (χ0n) is 29.0. The summed E-state index contributed by atoms with van der Waals surface area (Å²) < 4.78 is 18.5. The molecule has 21 heteroatoms.